The molecule has 1 heterocycles. The van der Waals surface area contributed by atoms with Crippen LogP contribution in [0.15, 0.2) is 0 Å². The summed E-state index contributed by atoms with van der Waals surface area (Å²) in [6, 6.07) is 0. The van der Waals surface area contributed by atoms with E-state index in [-0.39, 0.29) is 44.9 Å². The summed E-state index contributed by atoms with van der Waals surface area (Å²) >= 11 is 0. The molecule has 1 spiro atoms. The maximum absolute atomic E-state index is 11.9. The second-order valence-corrected chi connectivity index (χ2v) is 15.9. The first-order valence-electron chi connectivity index (χ1n) is 14.2. The molecule has 1 saturated heterocycles. The number of hydrogen-bond donors (Lipinski definition) is 2. The lowest BCUT2D eigenvalue weighted by Crippen LogP contribution is -2.73. The molecule has 2 N–H and O–H groups in total. The molecular formula is C30H50O3. The Labute approximate surface area is 202 Å². The zero-order chi connectivity index (χ0) is 23.9. The zero-order valence-corrected chi connectivity index (χ0v) is 22.5. The molecule has 10 atom stereocenters. The van der Waals surface area contributed by atoms with Crippen LogP contribution in [0.3, 0.4) is 0 Å². The summed E-state index contributed by atoms with van der Waals surface area (Å²) in [5.74, 6) is 1.72. The summed E-state index contributed by atoms with van der Waals surface area (Å²) in [5.41, 5.74) is 0.714. The number of fused-ring (bicyclic) bond motifs is 4. The molecule has 33 heavy (non-hydrogen) atoms. The van der Waals surface area contributed by atoms with Gasteiger partial charge < -0.3 is 14.9 Å². The van der Waals surface area contributed by atoms with E-state index in [0.29, 0.717) is 23.2 Å². The van der Waals surface area contributed by atoms with Gasteiger partial charge in [-0.2, -0.15) is 0 Å². The SMILES string of the molecule is CC1(C)CC[C@]23CO[C@@]4(CCC5[C@@]6(C)CC[C@H](O)C(C)(C)C6CC[C@@]5(C)[C@]4(C)C[C@H]2O)C3C1. The van der Waals surface area contributed by atoms with Crippen molar-refractivity contribution in [1.29, 1.82) is 0 Å². The molecule has 6 fully saturated rings. The Kier molecular flexibility index (Phi) is 4.52. The molecule has 3 nitrogen and oxygen atoms in total. The Morgan fingerprint density at radius 1 is 0.667 bits per heavy atom. The maximum atomic E-state index is 11.9. The molecule has 3 unspecified atom stereocenters. The van der Waals surface area contributed by atoms with Gasteiger partial charge >= 0.3 is 0 Å². The lowest BCUT2D eigenvalue weighted by molar-refractivity contribution is -0.298. The Balaban J connectivity index is 1.45. The lowest BCUT2D eigenvalue weighted by atomic mass is 9.30. The molecule has 5 aliphatic carbocycles. The Morgan fingerprint density at radius 2 is 1.36 bits per heavy atom. The highest BCUT2D eigenvalue weighted by atomic mass is 16.5. The third-order valence-electron chi connectivity index (χ3n) is 14.2. The summed E-state index contributed by atoms with van der Waals surface area (Å²) in [5, 5.41) is 22.8. The topological polar surface area (TPSA) is 49.7 Å². The first-order valence-corrected chi connectivity index (χ1v) is 14.2. The van der Waals surface area contributed by atoms with E-state index in [1.165, 1.54) is 38.5 Å². The average Bonchev–Trinajstić information content (AvgIpc) is 2.99. The number of hydrogen-bond acceptors (Lipinski definition) is 3. The third-order valence-corrected chi connectivity index (χ3v) is 14.2. The predicted octanol–water partition coefficient (Wildman–Crippen LogP) is 6.35. The summed E-state index contributed by atoms with van der Waals surface area (Å²) < 4.78 is 7.11. The highest BCUT2D eigenvalue weighted by Gasteiger charge is 2.79. The van der Waals surface area contributed by atoms with Gasteiger partial charge in [0.25, 0.3) is 0 Å². The summed E-state index contributed by atoms with van der Waals surface area (Å²) in [4.78, 5) is 0. The second kappa shape index (κ2) is 6.41. The standard InChI is InChI=1S/C30H50O3/c1-24(2)14-15-29-18-33-30(21(29)16-24)13-9-20-26(5)11-10-22(31)25(3,4)19(26)8-12-27(20,6)28(30,7)17-23(29)32/h19-23,31-32H,8-18H2,1-7H3/t19?,20?,21?,22-,23+,26-,27+,28-,29+,30-/m0/s1. The second-order valence-electron chi connectivity index (χ2n) is 15.9. The van der Waals surface area contributed by atoms with E-state index < -0.39 is 0 Å². The maximum Gasteiger partial charge on any atom is 0.0777 e. The van der Waals surface area contributed by atoms with E-state index in [0.717, 1.165) is 32.3 Å². The molecule has 2 bridgehead atoms. The fourth-order valence-corrected chi connectivity index (χ4v) is 12.0. The van der Waals surface area contributed by atoms with Crippen molar-refractivity contribution in [2.45, 2.75) is 130 Å². The summed E-state index contributed by atoms with van der Waals surface area (Å²) in [7, 11) is 0. The van der Waals surface area contributed by atoms with Crippen molar-refractivity contribution < 1.29 is 14.9 Å². The van der Waals surface area contributed by atoms with E-state index >= 15 is 0 Å². The molecule has 1 aliphatic heterocycles. The molecule has 0 amide bonds. The van der Waals surface area contributed by atoms with Crippen LogP contribution in [0.5, 0.6) is 0 Å². The summed E-state index contributed by atoms with van der Waals surface area (Å²) in [6.07, 6.45) is 11.0. The first-order chi connectivity index (χ1) is 15.2. The van der Waals surface area contributed by atoms with Crippen LogP contribution in [0, 0.1) is 50.2 Å². The smallest absolute Gasteiger partial charge is 0.0777 e. The van der Waals surface area contributed by atoms with Gasteiger partial charge in [-0.3, -0.25) is 0 Å². The van der Waals surface area contributed by atoms with Crippen molar-refractivity contribution in [3.8, 4) is 0 Å². The summed E-state index contributed by atoms with van der Waals surface area (Å²) in [6.45, 7) is 18.1. The zero-order valence-electron chi connectivity index (χ0n) is 22.5. The van der Waals surface area contributed by atoms with Gasteiger partial charge in [0.2, 0.25) is 0 Å². The molecule has 0 aromatic carbocycles. The van der Waals surface area contributed by atoms with Crippen molar-refractivity contribution in [1.82, 2.24) is 0 Å². The van der Waals surface area contributed by atoms with Gasteiger partial charge in [0.05, 0.1) is 24.4 Å². The van der Waals surface area contributed by atoms with Crippen LogP contribution >= 0.6 is 0 Å². The monoisotopic (exact) mass is 458 g/mol. The van der Waals surface area contributed by atoms with Crippen LogP contribution < -0.4 is 0 Å². The van der Waals surface area contributed by atoms with Gasteiger partial charge in [0, 0.05) is 10.8 Å². The highest BCUT2D eigenvalue weighted by Crippen LogP contribution is 2.80. The van der Waals surface area contributed by atoms with Gasteiger partial charge in [-0.05, 0) is 104 Å². The van der Waals surface area contributed by atoms with E-state index in [1.807, 2.05) is 0 Å². The largest absolute Gasteiger partial charge is 0.393 e. The Hall–Kier alpha value is -0.120. The van der Waals surface area contributed by atoms with E-state index in [2.05, 4.69) is 48.5 Å². The van der Waals surface area contributed by atoms with Crippen LogP contribution in [0.25, 0.3) is 0 Å². The molecule has 5 saturated carbocycles. The van der Waals surface area contributed by atoms with E-state index in [9.17, 15) is 10.2 Å². The molecule has 0 radical (unpaired) electrons. The van der Waals surface area contributed by atoms with Gasteiger partial charge in [-0.15, -0.1) is 0 Å². The van der Waals surface area contributed by atoms with Crippen LogP contribution in [0.4, 0.5) is 0 Å². The molecule has 3 heteroatoms. The van der Waals surface area contributed by atoms with Crippen molar-refractivity contribution in [3.63, 3.8) is 0 Å². The van der Waals surface area contributed by atoms with Crippen LogP contribution in [0.2, 0.25) is 0 Å². The number of aliphatic hydroxyl groups is 2. The predicted molar refractivity (Wildman–Crippen MR) is 132 cm³/mol. The third kappa shape index (κ3) is 2.45. The van der Waals surface area contributed by atoms with Crippen molar-refractivity contribution in [2.24, 2.45) is 50.2 Å². The van der Waals surface area contributed by atoms with Crippen LogP contribution in [-0.4, -0.2) is 34.6 Å². The molecule has 0 aromatic heterocycles. The number of ether oxygens (including phenoxy) is 1. The van der Waals surface area contributed by atoms with Crippen molar-refractivity contribution in [2.75, 3.05) is 6.61 Å². The minimum absolute atomic E-state index is 0.00370. The lowest BCUT2D eigenvalue weighted by Gasteiger charge is -2.75. The Morgan fingerprint density at radius 3 is 2.09 bits per heavy atom. The van der Waals surface area contributed by atoms with E-state index in [4.69, 9.17) is 4.74 Å². The normalized spacial score (nSPS) is 60.8. The number of aliphatic hydroxyl groups excluding tert-OH is 2. The van der Waals surface area contributed by atoms with Crippen LogP contribution in [-0.2, 0) is 4.74 Å². The van der Waals surface area contributed by atoms with Gasteiger partial charge in [-0.1, -0.05) is 48.5 Å². The fourth-order valence-electron chi connectivity index (χ4n) is 12.0. The fraction of sp³-hybridized carbons (Fsp3) is 1.00. The number of rotatable bonds is 0. The minimum Gasteiger partial charge on any atom is -0.393 e. The first kappa shape index (κ1) is 23.3. The minimum atomic E-state index is -0.232. The molecule has 188 valence electrons. The van der Waals surface area contributed by atoms with Crippen LogP contribution in [0.1, 0.15) is 113 Å². The molecule has 6 rings (SSSR count). The molecular weight excluding hydrogens is 408 g/mol. The quantitative estimate of drug-likeness (QED) is 0.444. The molecule has 6 aliphatic rings. The van der Waals surface area contributed by atoms with E-state index in [1.54, 1.807) is 0 Å². The van der Waals surface area contributed by atoms with Gasteiger partial charge in [-0.25, -0.2) is 0 Å². The molecule has 0 aromatic rings. The van der Waals surface area contributed by atoms with Gasteiger partial charge in [0.15, 0.2) is 0 Å². The van der Waals surface area contributed by atoms with Crippen molar-refractivity contribution in [3.05, 3.63) is 0 Å². The average molecular weight is 459 g/mol. The van der Waals surface area contributed by atoms with Crippen molar-refractivity contribution >= 4 is 0 Å². The highest BCUT2D eigenvalue weighted by molar-refractivity contribution is 5.28. The van der Waals surface area contributed by atoms with Gasteiger partial charge in [0.1, 0.15) is 0 Å². The Bertz CT molecular complexity index is 849.